The molecule has 0 amide bonds. The molecule has 1 N–H and O–H groups in total. The molecule has 0 bridgehead atoms. The van der Waals surface area contributed by atoms with Crippen LogP contribution in [0.25, 0.3) is 0 Å². The van der Waals surface area contributed by atoms with E-state index in [4.69, 9.17) is 0 Å². The Labute approximate surface area is 90.7 Å². The first-order chi connectivity index (χ1) is 7.29. The number of hydrogen-bond donors (Lipinski definition) is 1. The van der Waals surface area contributed by atoms with Crippen molar-refractivity contribution in [3.8, 4) is 0 Å². The maximum atomic E-state index is 4.38. The van der Waals surface area contributed by atoms with E-state index >= 15 is 0 Å². The van der Waals surface area contributed by atoms with E-state index in [1.54, 1.807) is 6.33 Å². The molecule has 4 nitrogen and oxygen atoms in total. The first-order valence-electron chi connectivity index (χ1n) is 5.54. The Kier molecular flexibility index (Phi) is 3.16. The molecule has 0 radical (unpaired) electrons. The molecule has 1 aromatic rings. The molecule has 1 aliphatic heterocycles. The summed E-state index contributed by atoms with van der Waals surface area (Å²) < 4.78 is 0. The molecule has 0 spiro atoms. The molecule has 82 valence electrons. The van der Waals surface area contributed by atoms with Gasteiger partial charge in [-0.25, -0.2) is 9.97 Å². The first-order valence-corrected chi connectivity index (χ1v) is 5.54. The van der Waals surface area contributed by atoms with E-state index < -0.39 is 0 Å². The zero-order valence-corrected chi connectivity index (χ0v) is 9.40. The van der Waals surface area contributed by atoms with Crippen molar-refractivity contribution in [2.24, 2.45) is 0 Å². The zero-order valence-electron chi connectivity index (χ0n) is 9.40. The Morgan fingerprint density at radius 3 is 2.73 bits per heavy atom. The van der Waals surface area contributed by atoms with Crippen molar-refractivity contribution in [1.29, 1.82) is 0 Å². The van der Waals surface area contributed by atoms with Crippen LogP contribution in [0, 0.1) is 0 Å². The molecule has 15 heavy (non-hydrogen) atoms. The quantitative estimate of drug-likeness (QED) is 0.784. The maximum absolute atomic E-state index is 4.38. The highest BCUT2D eigenvalue weighted by atomic mass is 15.2. The van der Waals surface area contributed by atoms with E-state index in [0.717, 1.165) is 31.9 Å². The molecule has 4 heteroatoms. The summed E-state index contributed by atoms with van der Waals surface area (Å²) in [5.41, 5.74) is 2.36. The minimum atomic E-state index is 0.456. The van der Waals surface area contributed by atoms with Gasteiger partial charge in [-0.15, -0.1) is 0 Å². The number of rotatable bonds is 2. The van der Waals surface area contributed by atoms with Crippen molar-refractivity contribution in [1.82, 2.24) is 15.3 Å². The highest BCUT2D eigenvalue weighted by Crippen LogP contribution is 2.24. The lowest BCUT2D eigenvalue weighted by Crippen LogP contribution is -2.44. The molecule has 0 unspecified atom stereocenters. The van der Waals surface area contributed by atoms with Gasteiger partial charge in [0.1, 0.15) is 6.33 Å². The third-order valence-corrected chi connectivity index (χ3v) is 2.73. The van der Waals surface area contributed by atoms with Crippen LogP contribution in [0.15, 0.2) is 12.5 Å². The summed E-state index contributed by atoms with van der Waals surface area (Å²) in [7, 11) is 0. The fourth-order valence-corrected chi connectivity index (χ4v) is 1.93. The van der Waals surface area contributed by atoms with Gasteiger partial charge in [0.15, 0.2) is 0 Å². The number of aromatic nitrogens is 2. The minimum Gasteiger partial charge on any atom is -0.366 e. The van der Waals surface area contributed by atoms with Crippen LogP contribution in [0.1, 0.15) is 25.5 Å². The Balaban J connectivity index is 2.25. The largest absolute Gasteiger partial charge is 0.366 e. The van der Waals surface area contributed by atoms with Gasteiger partial charge in [-0.05, 0) is 5.92 Å². The normalized spacial score (nSPS) is 17.1. The van der Waals surface area contributed by atoms with Gasteiger partial charge in [0.2, 0.25) is 0 Å². The first kappa shape index (κ1) is 10.4. The van der Waals surface area contributed by atoms with Crippen molar-refractivity contribution >= 4 is 5.69 Å². The van der Waals surface area contributed by atoms with Crippen molar-refractivity contribution < 1.29 is 0 Å². The molecule has 2 heterocycles. The molecule has 1 aromatic heterocycles. The molecular formula is C11H18N4. The fourth-order valence-electron chi connectivity index (χ4n) is 1.93. The molecule has 1 fully saturated rings. The third-order valence-electron chi connectivity index (χ3n) is 2.73. The lowest BCUT2D eigenvalue weighted by atomic mass is 10.1. The molecule has 0 atom stereocenters. The number of nitrogens with one attached hydrogen (secondary N) is 1. The predicted octanol–water partition coefficient (Wildman–Crippen LogP) is 1.01. The molecule has 1 saturated heterocycles. The lowest BCUT2D eigenvalue weighted by molar-refractivity contribution is 0.584. The van der Waals surface area contributed by atoms with E-state index in [0.29, 0.717) is 5.92 Å². The van der Waals surface area contributed by atoms with Gasteiger partial charge in [-0.2, -0.15) is 0 Å². The summed E-state index contributed by atoms with van der Waals surface area (Å²) in [6.45, 7) is 8.54. The number of nitrogens with zero attached hydrogens (tertiary/aromatic N) is 3. The van der Waals surface area contributed by atoms with Gasteiger partial charge in [0, 0.05) is 26.2 Å². The topological polar surface area (TPSA) is 41.1 Å². The van der Waals surface area contributed by atoms with Crippen LogP contribution in [-0.2, 0) is 0 Å². The third kappa shape index (κ3) is 2.26. The molecule has 0 saturated carbocycles. The second kappa shape index (κ2) is 4.57. The fraction of sp³-hybridized carbons (Fsp3) is 0.636. The van der Waals surface area contributed by atoms with Crippen LogP contribution in [0.4, 0.5) is 5.69 Å². The molecule has 1 aliphatic rings. The van der Waals surface area contributed by atoms with Crippen LogP contribution in [-0.4, -0.2) is 36.1 Å². The summed E-state index contributed by atoms with van der Waals surface area (Å²) in [4.78, 5) is 10.9. The van der Waals surface area contributed by atoms with E-state index in [9.17, 15) is 0 Å². The highest BCUT2D eigenvalue weighted by molar-refractivity contribution is 5.50. The van der Waals surface area contributed by atoms with Crippen LogP contribution >= 0.6 is 0 Å². The highest BCUT2D eigenvalue weighted by Gasteiger charge is 2.16. The van der Waals surface area contributed by atoms with Crippen molar-refractivity contribution in [3.05, 3.63) is 18.2 Å². The van der Waals surface area contributed by atoms with Crippen molar-refractivity contribution in [2.45, 2.75) is 19.8 Å². The summed E-state index contributed by atoms with van der Waals surface area (Å²) in [6.07, 6.45) is 3.58. The van der Waals surface area contributed by atoms with Crippen LogP contribution in [0.3, 0.4) is 0 Å². The van der Waals surface area contributed by atoms with E-state index in [2.05, 4.69) is 34.0 Å². The Morgan fingerprint density at radius 2 is 2.07 bits per heavy atom. The Bertz CT molecular complexity index is 318. The summed E-state index contributed by atoms with van der Waals surface area (Å²) in [6, 6.07) is 0. The van der Waals surface area contributed by atoms with Gasteiger partial charge in [-0.3, -0.25) is 0 Å². The predicted molar refractivity (Wildman–Crippen MR) is 61.2 cm³/mol. The van der Waals surface area contributed by atoms with Crippen LogP contribution in [0.5, 0.6) is 0 Å². The summed E-state index contributed by atoms with van der Waals surface area (Å²) >= 11 is 0. The molecular weight excluding hydrogens is 188 g/mol. The monoisotopic (exact) mass is 206 g/mol. The van der Waals surface area contributed by atoms with E-state index in [1.807, 2.05) is 6.20 Å². The van der Waals surface area contributed by atoms with Gasteiger partial charge in [0.25, 0.3) is 0 Å². The van der Waals surface area contributed by atoms with Crippen LogP contribution < -0.4 is 10.2 Å². The second-order valence-electron chi connectivity index (χ2n) is 4.18. The number of anilines is 1. The molecule has 0 aromatic carbocycles. The average Bonchev–Trinajstić information content (AvgIpc) is 2.30. The minimum absolute atomic E-state index is 0.456. The van der Waals surface area contributed by atoms with Crippen LogP contribution in [0.2, 0.25) is 0 Å². The maximum Gasteiger partial charge on any atom is 0.115 e. The number of hydrogen-bond acceptors (Lipinski definition) is 4. The van der Waals surface area contributed by atoms with E-state index in [-0.39, 0.29) is 0 Å². The summed E-state index contributed by atoms with van der Waals surface area (Å²) in [5, 5.41) is 3.35. The SMILES string of the molecule is CC(C)c1ncncc1N1CCNCC1. The van der Waals surface area contributed by atoms with E-state index in [1.165, 1.54) is 5.69 Å². The second-order valence-corrected chi connectivity index (χ2v) is 4.18. The lowest BCUT2D eigenvalue weighted by Gasteiger charge is -2.30. The molecule has 0 aliphatic carbocycles. The number of piperazine rings is 1. The van der Waals surface area contributed by atoms with Gasteiger partial charge in [0.05, 0.1) is 17.6 Å². The van der Waals surface area contributed by atoms with Gasteiger partial charge >= 0.3 is 0 Å². The van der Waals surface area contributed by atoms with Gasteiger partial charge in [-0.1, -0.05) is 13.8 Å². The van der Waals surface area contributed by atoms with Crippen molar-refractivity contribution in [3.63, 3.8) is 0 Å². The zero-order chi connectivity index (χ0) is 10.7. The van der Waals surface area contributed by atoms with Gasteiger partial charge < -0.3 is 10.2 Å². The summed E-state index contributed by atoms with van der Waals surface area (Å²) in [5.74, 6) is 0.456. The smallest absolute Gasteiger partial charge is 0.115 e. The average molecular weight is 206 g/mol. The standard InChI is InChI=1S/C11H18N4/c1-9(2)11-10(7-13-8-14-11)15-5-3-12-4-6-15/h7-9,12H,3-6H2,1-2H3. The molecule has 2 rings (SSSR count). The van der Waals surface area contributed by atoms with Crippen molar-refractivity contribution in [2.75, 3.05) is 31.1 Å². The Morgan fingerprint density at radius 1 is 1.33 bits per heavy atom. The Hall–Kier alpha value is -1.16.